The minimum Gasteiger partial charge on any atom is -0.497 e. The maximum atomic E-state index is 12.9. The monoisotopic (exact) mass is 387 g/mol. The summed E-state index contributed by atoms with van der Waals surface area (Å²) in [6.45, 7) is 3.77. The summed E-state index contributed by atoms with van der Waals surface area (Å²) in [5.74, 6) is 0.0110. The van der Waals surface area contributed by atoms with Gasteiger partial charge in [0, 0.05) is 5.70 Å². The zero-order chi connectivity index (χ0) is 19.6. The lowest BCUT2D eigenvalue weighted by atomic mass is 9.82. The van der Waals surface area contributed by atoms with E-state index in [4.69, 9.17) is 9.47 Å². The number of H-pyrrole nitrogens is 1. The zero-order valence-corrected chi connectivity index (χ0v) is 16.4. The van der Waals surface area contributed by atoms with Gasteiger partial charge in [-0.15, -0.1) is 0 Å². The van der Waals surface area contributed by atoms with Crippen molar-refractivity contribution < 1.29 is 14.3 Å². The highest BCUT2D eigenvalue weighted by molar-refractivity contribution is 7.98. The van der Waals surface area contributed by atoms with Crippen LogP contribution in [0, 0.1) is 0 Å². The molecule has 1 aliphatic heterocycles. The number of allylic oxidation sites excluding steroid dienone is 1. The van der Waals surface area contributed by atoms with E-state index in [9.17, 15) is 9.59 Å². The third-order valence-electron chi connectivity index (χ3n) is 4.34. The number of benzene rings is 1. The maximum absolute atomic E-state index is 12.9. The van der Waals surface area contributed by atoms with Gasteiger partial charge in [-0.3, -0.25) is 4.79 Å². The molecule has 1 unspecified atom stereocenters. The third kappa shape index (κ3) is 3.57. The molecule has 2 aromatic rings. The fourth-order valence-electron chi connectivity index (χ4n) is 3.16. The fraction of sp³-hybridized carbons (Fsp3) is 0.316. The molecule has 0 bridgehead atoms. The van der Waals surface area contributed by atoms with Crippen molar-refractivity contribution >= 4 is 23.5 Å². The Labute approximate surface area is 161 Å². The molecule has 8 heteroatoms. The topological polar surface area (TPSA) is 93.3 Å². The Hall–Kier alpha value is -2.74. The summed E-state index contributed by atoms with van der Waals surface area (Å²) < 4.78 is 10.6. The number of nitrogens with one attached hydrogen (secondary N) is 2. The van der Waals surface area contributed by atoms with Crippen molar-refractivity contribution in [1.29, 1.82) is 0 Å². The fourth-order valence-corrected chi connectivity index (χ4v) is 3.54. The predicted molar refractivity (Wildman–Crippen MR) is 104 cm³/mol. The molecule has 1 aliphatic rings. The maximum Gasteiger partial charge on any atom is 0.336 e. The summed E-state index contributed by atoms with van der Waals surface area (Å²) >= 11 is 1.34. The van der Waals surface area contributed by atoms with Gasteiger partial charge in [-0.2, -0.15) is 0 Å². The first kappa shape index (κ1) is 19.0. The Bertz CT molecular complexity index is 968. The Morgan fingerprint density at radius 3 is 2.81 bits per heavy atom. The molecule has 142 valence electrons. The molecular formula is C19H21N3O4S. The van der Waals surface area contributed by atoms with Gasteiger partial charge >= 0.3 is 5.97 Å². The van der Waals surface area contributed by atoms with Crippen molar-refractivity contribution in [3.8, 4) is 5.75 Å². The number of thioether (sulfide) groups is 1. The van der Waals surface area contributed by atoms with Gasteiger partial charge in [-0.25, -0.2) is 9.78 Å². The van der Waals surface area contributed by atoms with Crippen LogP contribution in [0.15, 0.2) is 45.5 Å². The second kappa shape index (κ2) is 7.87. The smallest absolute Gasteiger partial charge is 0.336 e. The molecule has 2 heterocycles. The number of hydrogen-bond donors (Lipinski definition) is 2. The molecule has 0 fully saturated rings. The number of esters is 1. The van der Waals surface area contributed by atoms with Crippen LogP contribution in [0.1, 0.15) is 30.9 Å². The first-order valence-electron chi connectivity index (χ1n) is 8.47. The standard InChI is InChI=1S/C19H21N3O4S/c1-5-26-18(24)13-10(2)20-16-15(17(23)22-19(21-16)27-4)14(13)11-7-6-8-12(9-11)25-3/h6-9,14H,5H2,1-4H3,(H2,20,21,22,23). The van der Waals surface area contributed by atoms with Crippen LogP contribution in [0.2, 0.25) is 0 Å². The molecule has 0 aliphatic carbocycles. The number of anilines is 1. The van der Waals surface area contributed by atoms with Crippen LogP contribution in [0.3, 0.4) is 0 Å². The number of carbonyl (C=O) groups excluding carboxylic acids is 1. The van der Waals surface area contributed by atoms with Crippen molar-refractivity contribution in [1.82, 2.24) is 9.97 Å². The molecule has 7 nitrogen and oxygen atoms in total. The van der Waals surface area contributed by atoms with Crippen LogP contribution in [0.4, 0.5) is 5.82 Å². The van der Waals surface area contributed by atoms with Crippen molar-refractivity contribution in [2.24, 2.45) is 0 Å². The van der Waals surface area contributed by atoms with Gasteiger partial charge in [0.2, 0.25) is 0 Å². The van der Waals surface area contributed by atoms with E-state index in [0.717, 1.165) is 5.56 Å². The third-order valence-corrected chi connectivity index (χ3v) is 4.92. The van der Waals surface area contributed by atoms with E-state index < -0.39 is 11.9 Å². The van der Waals surface area contributed by atoms with Gasteiger partial charge in [0.1, 0.15) is 11.6 Å². The van der Waals surface area contributed by atoms with Gasteiger partial charge in [0.15, 0.2) is 5.16 Å². The van der Waals surface area contributed by atoms with Crippen LogP contribution in [0.5, 0.6) is 5.75 Å². The first-order chi connectivity index (χ1) is 13.0. The lowest BCUT2D eigenvalue weighted by molar-refractivity contribution is -0.138. The molecule has 1 aromatic carbocycles. The molecule has 2 N–H and O–H groups in total. The second-order valence-corrected chi connectivity index (χ2v) is 6.73. The number of carbonyl (C=O) groups is 1. The lowest BCUT2D eigenvalue weighted by Gasteiger charge is -2.28. The minimum atomic E-state index is -0.609. The molecule has 0 saturated heterocycles. The van der Waals surface area contributed by atoms with E-state index in [1.165, 1.54) is 11.8 Å². The molecule has 0 saturated carbocycles. The van der Waals surface area contributed by atoms with E-state index in [1.54, 1.807) is 21.0 Å². The summed E-state index contributed by atoms with van der Waals surface area (Å²) in [5.41, 5.74) is 1.85. The highest BCUT2D eigenvalue weighted by atomic mass is 32.2. The Balaban J connectivity index is 2.26. The van der Waals surface area contributed by atoms with Crippen LogP contribution in [-0.4, -0.2) is 35.9 Å². The summed E-state index contributed by atoms with van der Waals surface area (Å²) in [4.78, 5) is 32.8. The summed E-state index contributed by atoms with van der Waals surface area (Å²) in [5, 5.41) is 3.60. The molecule has 0 spiro atoms. The van der Waals surface area contributed by atoms with Crippen LogP contribution >= 0.6 is 11.8 Å². The molecule has 27 heavy (non-hydrogen) atoms. The molecule has 3 rings (SSSR count). The van der Waals surface area contributed by atoms with Gasteiger partial charge in [-0.05, 0) is 37.8 Å². The SMILES string of the molecule is CCOC(=O)C1=C(C)Nc2nc(SC)[nH]c(=O)c2C1c1cccc(OC)c1. The Kier molecular flexibility index (Phi) is 5.55. The largest absolute Gasteiger partial charge is 0.497 e. The van der Waals surface area contributed by atoms with Crippen molar-refractivity contribution in [3.05, 3.63) is 57.0 Å². The number of aromatic amines is 1. The summed E-state index contributed by atoms with van der Waals surface area (Å²) in [6, 6.07) is 7.31. The number of aromatic nitrogens is 2. The van der Waals surface area contributed by atoms with Crippen molar-refractivity contribution in [3.63, 3.8) is 0 Å². The van der Waals surface area contributed by atoms with Crippen LogP contribution in [0.25, 0.3) is 0 Å². The van der Waals surface area contributed by atoms with Crippen molar-refractivity contribution in [2.45, 2.75) is 24.9 Å². The Morgan fingerprint density at radius 2 is 2.15 bits per heavy atom. The normalized spacial score (nSPS) is 15.8. The number of methoxy groups -OCH3 is 1. The number of nitrogens with zero attached hydrogens (tertiary/aromatic N) is 1. The summed E-state index contributed by atoms with van der Waals surface area (Å²) in [7, 11) is 1.57. The lowest BCUT2D eigenvalue weighted by Crippen LogP contribution is -2.31. The van der Waals surface area contributed by atoms with E-state index in [-0.39, 0.29) is 12.2 Å². The van der Waals surface area contributed by atoms with Gasteiger partial charge in [0.25, 0.3) is 5.56 Å². The summed E-state index contributed by atoms with van der Waals surface area (Å²) in [6.07, 6.45) is 1.83. The molecule has 0 amide bonds. The van der Waals surface area contributed by atoms with Crippen molar-refractivity contribution in [2.75, 3.05) is 25.3 Å². The number of hydrogen-bond acceptors (Lipinski definition) is 7. The molecule has 0 radical (unpaired) electrons. The van der Waals surface area contributed by atoms with Gasteiger partial charge < -0.3 is 19.8 Å². The Morgan fingerprint density at radius 1 is 1.37 bits per heavy atom. The van der Waals surface area contributed by atoms with E-state index in [1.807, 2.05) is 30.5 Å². The minimum absolute atomic E-state index is 0.243. The zero-order valence-electron chi connectivity index (χ0n) is 15.6. The number of rotatable bonds is 5. The number of ether oxygens (including phenoxy) is 2. The molecular weight excluding hydrogens is 366 g/mol. The van der Waals surface area contributed by atoms with Gasteiger partial charge in [0.05, 0.1) is 30.8 Å². The molecule has 1 atom stereocenters. The first-order valence-corrected chi connectivity index (χ1v) is 9.69. The quantitative estimate of drug-likeness (QED) is 0.463. The van der Waals surface area contributed by atoms with Crippen LogP contribution in [-0.2, 0) is 9.53 Å². The van der Waals surface area contributed by atoms with E-state index in [2.05, 4.69) is 15.3 Å². The van der Waals surface area contributed by atoms with Crippen LogP contribution < -0.4 is 15.6 Å². The average Bonchev–Trinajstić information content (AvgIpc) is 2.66. The van der Waals surface area contributed by atoms with E-state index in [0.29, 0.717) is 33.6 Å². The number of fused-ring (bicyclic) bond motifs is 1. The second-order valence-electron chi connectivity index (χ2n) is 5.93. The van der Waals surface area contributed by atoms with Gasteiger partial charge in [-0.1, -0.05) is 23.9 Å². The highest BCUT2D eigenvalue weighted by Gasteiger charge is 2.36. The van der Waals surface area contributed by atoms with E-state index >= 15 is 0 Å². The molecule has 1 aromatic heterocycles. The highest BCUT2D eigenvalue weighted by Crippen LogP contribution is 2.40. The average molecular weight is 387 g/mol. The predicted octanol–water partition coefficient (Wildman–Crippen LogP) is 2.89.